The minimum atomic E-state index is -1.17. The lowest BCUT2D eigenvalue weighted by atomic mass is 10.2. The summed E-state index contributed by atoms with van der Waals surface area (Å²) >= 11 is 3.21. The summed E-state index contributed by atoms with van der Waals surface area (Å²) in [6, 6.07) is 1.37. The van der Waals surface area contributed by atoms with E-state index in [1.165, 1.54) is 6.08 Å². The zero-order valence-corrected chi connectivity index (χ0v) is 8.98. The molecule has 0 spiro atoms. The molecule has 0 radical (unpaired) electrons. The van der Waals surface area contributed by atoms with Gasteiger partial charge < -0.3 is 0 Å². The maximum absolute atomic E-state index is 13.0. The molecule has 0 nitrogen and oxygen atoms in total. The van der Waals surface area contributed by atoms with E-state index >= 15 is 0 Å². The highest BCUT2D eigenvalue weighted by Gasteiger charge is 2.07. The van der Waals surface area contributed by atoms with Crippen LogP contribution in [0.15, 0.2) is 18.2 Å². The molecule has 1 aromatic rings. The summed E-state index contributed by atoms with van der Waals surface area (Å²) in [5.41, 5.74) is 0.0372. The van der Waals surface area contributed by atoms with Crippen LogP contribution in [0.5, 0.6) is 0 Å². The fraction of sp³-hybridized carbons (Fsp3) is 0.200. The Morgan fingerprint density at radius 3 is 2.29 bits per heavy atom. The fourth-order valence-electron chi connectivity index (χ4n) is 0.902. The van der Waals surface area contributed by atoms with Crippen LogP contribution in [-0.4, -0.2) is 4.83 Å². The van der Waals surface area contributed by atoms with Crippen LogP contribution < -0.4 is 0 Å². The molecule has 1 atom stereocenters. The Morgan fingerprint density at radius 1 is 1.14 bits per heavy atom. The molecule has 0 saturated carbocycles. The molecule has 0 heterocycles. The van der Waals surface area contributed by atoms with Gasteiger partial charge in [-0.15, -0.1) is 0 Å². The Morgan fingerprint density at radius 2 is 1.71 bits per heavy atom. The van der Waals surface area contributed by atoms with Gasteiger partial charge in [0.25, 0.3) is 0 Å². The molecule has 0 aliphatic heterocycles. The van der Waals surface area contributed by atoms with Crippen molar-refractivity contribution in [1.82, 2.24) is 0 Å². The van der Waals surface area contributed by atoms with Gasteiger partial charge in [0, 0.05) is 16.5 Å². The first-order valence-corrected chi connectivity index (χ1v) is 4.89. The van der Waals surface area contributed by atoms with Crippen molar-refractivity contribution in [3.63, 3.8) is 0 Å². The predicted octanol–water partition coefficient (Wildman–Crippen LogP) is 3.90. The van der Waals surface area contributed by atoms with E-state index in [1.54, 1.807) is 6.08 Å². The third-order valence-electron chi connectivity index (χ3n) is 1.58. The monoisotopic (exact) mass is 264 g/mol. The van der Waals surface area contributed by atoms with Crippen LogP contribution in [-0.2, 0) is 0 Å². The second-order valence-electron chi connectivity index (χ2n) is 2.82. The van der Waals surface area contributed by atoms with Crippen LogP contribution in [0.4, 0.5) is 13.2 Å². The Balaban J connectivity index is 3.04. The third-order valence-corrected chi connectivity index (χ3v) is 1.89. The highest BCUT2D eigenvalue weighted by Crippen LogP contribution is 2.15. The van der Waals surface area contributed by atoms with Gasteiger partial charge in [0.15, 0.2) is 11.6 Å². The number of allylic oxidation sites excluding steroid dienone is 1. The van der Waals surface area contributed by atoms with Crippen LogP contribution in [0.1, 0.15) is 12.5 Å². The van der Waals surface area contributed by atoms with E-state index < -0.39 is 17.5 Å². The van der Waals surface area contributed by atoms with Crippen molar-refractivity contribution in [3.05, 3.63) is 41.2 Å². The molecule has 4 heteroatoms. The lowest BCUT2D eigenvalue weighted by molar-refractivity contribution is 0.494. The number of rotatable bonds is 2. The third kappa shape index (κ3) is 2.87. The second kappa shape index (κ2) is 4.64. The van der Waals surface area contributed by atoms with Crippen molar-refractivity contribution in [1.29, 1.82) is 0 Å². The lowest BCUT2D eigenvalue weighted by Crippen LogP contribution is -1.91. The van der Waals surface area contributed by atoms with Crippen LogP contribution in [0, 0.1) is 17.5 Å². The molecule has 14 heavy (non-hydrogen) atoms. The van der Waals surface area contributed by atoms with Crippen molar-refractivity contribution < 1.29 is 13.2 Å². The minimum absolute atomic E-state index is 0.0372. The molecule has 0 amide bonds. The van der Waals surface area contributed by atoms with Gasteiger partial charge in [0.2, 0.25) is 0 Å². The Bertz CT molecular complexity index is 359. The summed E-state index contributed by atoms with van der Waals surface area (Å²) in [5, 5.41) is 0. The van der Waals surface area contributed by atoms with Crippen molar-refractivity contribution in [2.75, 3.05) is 0 Å². The second-order valence-corrected chi connectivity index (χ2v) is 4.27. The van der Waals surface area contributed by atoms with Gasteiger partial charge in [0.1, 0.15) is 5.82 Å². The molecule has 1 unspecified atom stereocenters. The highest BCUT2D eigenvalue weighted by atomic mass is 79.9. The van der Waals surface area contributed by atoms with Crippen molar-refractivity contribution in [3.8, 4) is 0 Å². The van der Waals surface area contributed by atoms with Crippen LogP contribution in [0.25, 0.3) is 6.08 Å². The first-order chi connectivity index (χ1) is 6.50. The molecule has 0 saturated heterocycles. The molecule has 76 valence electrons. The summed E-state index contributed by atoms with van der Waals surface area (Å²) < 4.78 is 38.2. The van der Waals surface area contributed by atoms with Crippen molar-refractivity contribution >= 4 is 22.0 Å². The Labute approximate surface area is 88.6 Å². The molecule has 0 fully saturated rings. The quantitative estimate of drug-likeness (QED) is 0.562. The largest absolute Gasteiger partial charge is 0.206 e. The fourth-order valence-corrected chi connectivity index (χ4v) is 1.05. The van der Waals surface area contributed by atoms with Gasteiger partial charge >= 0.3 is 0 Å². The SMILES string of the molecule is CC(Br)/C=C/c1cc(F)c(F)cc1F. The average molecular weight is 265 g/mol. The van der Waals surface area contributed by atoms with E-state index in [-0.39, 0.29) is 10.4 Å². The van der Waals surface area contributed by atoms with Gasteiger partial charge in [-0.05, 0) is 13.0 Å². The molecule has 0 aromatic heterocycles. The maximum Gasteiger partial charge on any atom is 0.161 e. The van der Waals surface area contributed by atoms with E-state index in [0.29, 0.717) is 6.07 Å². The van der Waals surface area contributed by atoms with Gasteiger partial charge in [-0.25, -0.2) is 13.2 Å². The Kier molecular flexibility index (Phi) is 3.75. The summed E-state index contributed by atoms with van der Waals surface area (Å²) in [5.74, 6) is -2.99. The average Bonchev–Trinajstić information content (AvgIpc) is 2.09. The first-order valence-electron chi connectivity index (χ1n) is 3.97. The number of alkyl halides is 1. The summed E-state index contributed by atoms with van der Waals surface area (Å²) in [6.07, 6.45) is 3.03. The summed E-state index contributed by atoms with van der Waals surface area (Å²) in [7, 11) is 0. The number of hydrogen-bond acceptors (Lipinski definition) is 0. The van der Waals surface area contributed by atoms with Gasteiger partial charge in [-0.3, -0.25) is 0 Å². The standard InChI is InChI=1S/C10H8BrF3/c1-6(11)2-3-7-4-9(13)10(14)5-8(7)12/h2-6H,1H3/b3-2+. The first kappa shape index (κ1) is 11.3. The number of halogens is 4. The van der Waals surface area contributed by atoms with E-state index in [1.807, 2.05) is 6.92 Å². The van der Waals surface area contributed by atoms with E-state index in [4.69, 9.17) is 0 Å². The molecule has 0 aliphatic carbocycles. The van der Waals surface area contributed by atoms with Gasteiger partial charge in [0.05, 0.1) is 0 Å². The van der Waals surface area contributed by atoms with Crippen molar-refractivity contribution in [2.24, 2.45) is 0 Å². The van der Waals surface area contributed by atoms with E-state index in [2.05, 4.69) is 15.9 Å². The normalized spacial score (nSPS) is 13.5. The van der Waals surface area contributed by atoms with Gasteiger partial charge in [-0.2, -0.15) is 0 Å². The molecule has 0 aliphatic rings. The minimum Gasteiger partial charge on any atom is -0.206 e. The van der Waals surface area contributed by atoms with E-state index in [0.717, 1.165) is 6.07 Å². The zero-order valence-electron chi connectivity index (χ0n) is 7.40. The van der Waals surface area contributed by atoms with E-state index in [9.17, 15) is 13.2 Å². The molecule has 1 rings (SSSR count). The molecule has 1 aromatic carbocycles. The van der Waals surface area contributed by atoms with Crippen LogP contribution >= 0.6 is 15.9 Å². The summed E-state index contributed by atoms with van der Waals surface area (Å²) in [6.45, 7) is 1.83. The van der Waals surface area contributed by atoms with Crippen LogP contribution in [0.2, 0.25) is 0 Å². The predicted molar refractivity (Wildman–Crippen MR) is 53.7 cm³/mol. The smallest absolute Gasteiger partial charge is 0.161 e. The topological polar surface area (TPSA) is 0 Å². The summed E-state index contributed by atoms with van der Waals surface area (Å²) in [4.78, 5) is 0.0509. The molecular formula is C10H8BrF3. The number of benzene rings is 1. The molecular weight excluding hydrogens is 257 g/mol. The lowest BCUT2D eigenvalue weighted by Gasteiger charge is -1.99. The molecule has 0 bridgehead atoms. The van der Waals surface area contributed by atoms with Gasteiger partial charge in [-0.1, -0.05) is 28.1 Å². The van der Waals surface area contributed by atoms with Crippen molar-refractivity contribution in [2.45, 2.75) is 11.8 Å². The number of hydrogen-bond donors (Lipinski definition) is 0. The Hall–Kier alpha value is -0.770. The highest BCUT2D eigenvalue weighted by molar-refractivity contribution is 9.09. The van der Waals surface area contributed by atoms with Crippen LogP contribution in [0.3, 0.4) is 0 Å². The molecule has 0 N–H and O–H groups in total. The maximum atomic E-state index is 13.0. The zero-order chi connectivity index (χ0) is 10.7.